The second-order valence-corrected chi connectivity index (χ2v) is 6.38. The van der Waals surface area contributed by atoms with E-state index < -0.39 is 16.8 Å². The maximum Gasteiger partial charge on any atom is 0.360 e. The molecule has 1 amide bonds. The van der Waals surface area contributed by atoms with Gasteiger partial charge in [-0.3, -0.25) is 24.6 Å². The summed E-state index contributed by atoms with van der Waals surface area (Å²) in [5, 5.41) is 17.4. The molecule has 1 N–H and O–H groups in total. The van der Waals surface area contributed by atoms with Crippen molar-refractivity contribution in [3.8, 4) is 17.2 Å². The Morgan fingerprint density at radius 1 is 1.38 bits per heavy atom. The van der Waals surface area contributed by atoms with E-state index in [0.717, 1.165) is 6.20 Å². The zero-order valence-corrected chi connectivity index (χ0v) is 17.3. The summed E-state index contributed by atoms with van der Waals surface area (Å²) >= 11 is 0. The molecule has 0 spiro atoms. The first-order valence-corrected chi connectivity index (χ1v) is 9.56. The highest BCUT2D eigenvalue weighted by Gasteiger charge is 2.24. The molecule has 0 fully saturated rings. The minimum atomic E-state index is -0.662. The number of hydrogen-bond donors (Lipinski definition) is 1. The number of nitrogens with one attached hydrogen (secondary N) is 1. The topological polar surface area (TPSA) is 165 Å². The number of rotatable bonds is 10. The van der Waals surface area contributed by atoms with Gasteiger partial charge in [-0.15, -0.1) is 0 Å². The van der Waals surface area contributed by atoms with E-state index in [9.17, 15) is 19.7 Å². The van der Waals surface area contributed by atoms with Gasteiger partial charge in [0.1, 0.15) is 18.2 Å². The van der Waals surface area contributed by atoms with Crippen LogP contribution in [0.25, 0.3) is 11.5 Å². The Hall–Kier alpha value is -4.29. The third-order valence-corrected chi connectivity index (χ3v) is 4.09. The molecule has 13 heteroatoms. The van der Waals surface area contributed by atoms with Crippen molar-refractivity contribution < 1.29 is 28.4 Å². The smallest absolute Gasteiger partial charge is 0.360 e. The average molecular weight is 444 g/mol. The first-order chi connectivity index (χ1) is 15.4. The van der Waals surface area contributed by atoms with Crippen molar-refractivity contribution in [1.82, 2.24) is 25.1 Å². The Bertz CT molecular complexity index is 1120. The van der Waals surface area contributed by atoms with Gasteiger partial charge in [0.2, 0.25) is 11.6 Å². The van der Waals surface area contributed by atoms with E-state index in [-0.39, 0.29) is 42.7 Å². The number of hydrogen-bond acceptors (Lipinski definition) is 10. The minimum Gasteiger partial charge on any atom is -0.491 e. The number of oxazole rings is 1. The average Bonchev–Trinajstić information content (AvgIpc) is 3.41. The molecule has 3 aromatic rings. The number of carbonyl (C=O) groups is 2. The SMILES string of the molecule is CCOC(=O)c1coc(-c2ccncc2OCCCNC(=O)c2nn(C)cc2[N+](=O)[O-])n1. The van der Waals surface area contributed by atoms with Crippen molar-refractivity contribution in [1.29, 1.82) is 0 Å². The van der Waals surface area contributed by atoms with Crippen molar-refractivity contribution in [2.24, 2.45) is 7.05 Å². The highest BCUT2D eigenvalue weighted by molar-refractivity contribution is 5.96. The van der Waals surface area contributed by atoms with Crippen molar-refractivity contribution in [3.63, 3.8) is 0 Å². The summed E-state index contributed by atoms with van der Waals surface area (Å²) in [6, 6.07) is 1.62. The number of nitrogens with zero attached hydrogens (tertiary/aromatic N) is 5. The van der Waals surface area contributed by atoms with Crippen LogP contribution in [0.15, 0.2) is 35.3 Å². The third-order valence-electron chi connectivity index (χ3n) is 4.09. The summed E-state index contributed by atoms with van der Waals surface area (Å²) in [5.74, 6) is -0.703. The highest BCUT2D eigenvalue weighted by atomic mass is 16.6. The molecular weight excluding hydrogens is 424 g/mol. The zero-order valence-electron chi connectivity index (χ0n) is 17.3. The van der Waals surface area contributed by atoms with E-state index in [1.165, 1.54) is 30.4 Å². The summed E-state index contributed by atoms with van der Waals surface area (Å²) < 4.78 is 17.2. The van der Waals surface area contributed by atoms with E-state index >= 15 is 0 Å². The molecule has 0 aliphatic carbocycles. The van der Waals surface area contributed by atoms with Crippen LogP contribution in [0.1, 0.15) is 34.3 Å². The largest absolute Gasteiger partial charge is 0.491 e. The maximum absolute atomic E-state index is 12.2. The van der Waals surface area contributed by atoms with Gasteiger partial charge >= 0.3 is 11.7 Å². The van der Waals surface area contributed by atoms with Crippen LogP contribution < -0.4 is 10.1 Å². The number of esters is 1. The molecular formula is C19H20N6O7. The van der Waals surface area contributed by atoms with Crippen molar-refractivity contribution in [2.75, 3.05) is 19.8 Å². The number of carbonyl (C=O) groups excluding carboxylic acids is 2. The van der Waals surface area contributed by atoms with E-state index in [4.69, 9.17) is 13.9 Å². The van der Waals surface area contributed by atoms with Crippen molar-refractivity contribution in [3.05, 3.63) is 52.4 Å². The summed E-state index contributed by atoms with van der Waals surface area (Å²) in [6.45, 7) is 2.31. The van der Waals surface area contributed by atoms with E-state index in [2.05, 4.69) is 20.4 Å². The first kappa shape index (κ1) is 22.4. The summed E-state index contributed by atoms with van der Waals surface area (Å²) in [7, 11) is 1.49. The Balaban J connectivity index is 1.55. The molecule has 0 unspecified atom stereocenters. The minimum absolute atomic E-state index is 0.0379. The first-order valence-electron chi connectivity index (χ1n) is 9.56. The molecule has 0 bridgehead atoms. The predicted octanol–water partition coefficient (Wildman–Crippen LogP) is 1.75. The second kappa shape index (κ2) is 10.1. The van der Waals surface area contributed by atoms with E-state index in [1.54, 1.807) is 13.0 Å². The lowest BCUT2D eigenvalue weighted by atomic mass is 10.2. The Labute approximate surface area is 181 Å². The van der Waals surface area contributed by atoms with Gasteiger partial charge in [-0.1, -0.05) is 0 Å². The number of ether oxygens (including phenoxy) is 2. The van der Waals surface area contributed by atoms with Crippen molar-refractivity contribution in [2.45, 2.75) is 13.3 Å². The van der Waals surface area contributed by atoms with Gasteiger partial charge in [0, 0.05) is 19.8 Å². The standard InChI is InChI=1S/C19H20N6O7/c1-3-30-19(27)13-11-32-18(22-13)12-5-7-20-9-15(12)31-8-4-6-21-17(26)16-14(25(28)29)10-24(2)23-16/h5,7,9-11H,3-4,6,8H2,1-2H3,(H,21,26). The van der Waals surface area contributed by atoms with Crippen LogP contribution in [0.3, 0.4) is 0 Å². The number of aryl methyl sites for hydroxylation is 1. The van der Waals surface area contributed by atoms with Gasteiger partial charge < -0.3 is 19.2 Å². The molecule has 168 valence electrons. The molecule has 0 saturated carbocycles. The number of pyridine rings is 1. The fourth-order valence-corrected chi connectivity index (χ4v) is 2.68. The summed E-state index contributed by atoms with van der Waals surface area (Å²) in [6.07, 6.45) is 5.76. The van der Waals surface area contributed by atoms with Gasteiger partial charge in [-0.2, -0.15) is 5.10 Å². The second-order valence-electron chi connectivity index (χ2n) is 6.38. The van der Waals surface area contributed by atoms with Crippen LogP contribution in [0.2, 0.25) is 0 Å². The van der Waals surface area contributed by atoms with E-state index in [0.29, 0.717) is 17.7 Å². The van der Waals surface area contributed by atoms with Gasteiger partial charge in [-0.25, -0.2) is 9.78 Å². The Morgan fingerprint density at radius 2 is 2.19 bits per heavy atom. The molecule has 3 aromatic heterocycles. The molecule has 0 aliphatic heterocycles. The van der Waals surface area contributed by atoms with Crippen LogP contribution in [0, 0.1) is 10.1 Å². The molecule has 0 atom stereocenters. The van der Waals surface area contributed by atoms with Crippen LogP contribution >= 0.6 is 0 Å². The summed E-state index contributed by atoms with van der Waals surface area (Å²) in [5.41, 5.74) is -0.0942. The molecule has 32 heavy (non-hydrogen) atoms. The normalized spacial score (nSPS) is 10.6. The van der Waals surface area contributed by atoms with Crippen molar-refractivity contribution >= 4 is 17.6 Å². The molecule has 0 aliphatic rings. The fourth-order valence-electron chi connectivity index (χ4n) is 2.68. The molecule has 3 heterocycles. The quantitative estimate of drug-likeness (QED) is 0.211. The lowest BCUT2D eigenvalue weighted by Gasteiger charge is -2.09. The monoisotopic (exact) mass is 444 g/mol. The third kappa shape index (κ3) is 5.24. The highest BCUT2D eigenvalue weighted by Crippen LogP contribution is 2.28. The van der Waals surface area contributed by atoms with Crippen LogP contribution in [0.4, 0.5) is 5.69 Å². The molecule has 0 saturated heterocycles. The molecule has 13 nitrogen and oxygen atoms in total. The van der Waals surface area contributed by atoms with Gasteiger partial charge in [0.05, 0.1) is 29.9 Å². The Kier molecular flexibility index (Phi) is 7.10. The molecule has 0 radical (unpaired) electrons. The Morgan fingerprint density at radius 3 is 2.94 bits per heavy atom. The maximum atomic E-state index is 12.2. The van der Waals surface area contributed by atoms with Gasteiger partial charge in [0.25, 0.3) is 5.91 Å². The van der Waals surface area contributed by atoms with Gasteiger partial charge in [0.15, 0.2) is 5.69 Å². The van der Waals surface area contributed by atoms with E-state index in [1.807, 2.05) is 0 Å². The fraction of sp³-hybridized carbons (Fsp3) is 0.316. The number of aromatic nitrogens is 4. The zero-order chi connectivity index (χ0) is 23.1. The lowest BCUT2D eigenvalue weighted by Crippen LogP contribution is -2.26. The number of amides is 1. The lowest BCUT2D eigenvalue weighted by molar-refractivity contribution is -0.385. The number of nitro groups is 1. The molecule has 3 rings (SSSR count). The predicted molar refractivity (Wildman–Crippen MR) is 108 cm³/mol. The van der Waals surface area contributed by atoms with Gasteiger partial charge in [-0.05, 0) is 19.4 Å². The van der Waals surface area contributed by atoms with Crippen LogP contribution in [-0.4, -0.2) is 56.3 Å². The molecule has 0 aromatic carbocycles. The van der Waals surface area contributed by atoms with Crippen LogP contribution in [0.5, 0.6) is 5.75 Å². The van der Waals surface area contributed by atoms with Crippen LogP contribution in [-0.2, 0) is 11.8 Å². The summed E-state index contributed by atoms with van der Waals surface area (Å²) in [4.78, 5) is 42.4.